The summed E-state index contributed by atoms with van der Waals surface area (Å²) in [7, 11) is 0. The molecule has 0 unspecified atom stereocenters. The maximum Gasteiger partial charge on any atom is 0.306 e. The van der Waals surface area contributed by atoms with Crippen LogP contribution in [0.3, 0.4) is 0 Å². The first-order chi connectivity index (χ1) is 25.0. The summed E-state index contributed by atoms with van der Waals surface area (Å²) in [6, 6.07) is 0. The van der Waals surface area contributed by atoms with Crippen LogP contribution in [0.15, 0.2) is 0 Å². The van der Waals surface area contributed by atoms with Gasteiger partial charge < -0.3 is 54.3 Å². The quantitative estimate of drug-likeness (QED) is 0.0541. The number of carbonyl (C=O) groups is 1. The van der Waals surface area contributed by atoms with Crippen LogP contribution in [-0.2, 0) is 28.5 Å². The first-order valence-electron chi connectivity index (χ1n) is 20.8. The second kappa shape index (κ2) is 24.6. The highest BCUT2D eigenvalue weighted by atomic mass is 16.7. The SMILES string of the molecule is CC[C@H]1CC(=O)O[C@@H](CCCCCCCCCCCCCCCC[C@H](O[C@@H]2O[C@H](CO[C@@H]3O[C@@H](C)[C@H](O)[C@@H](O)[C@H]3O)[C@@H](O)[C@H](O)[C@H]2O)[C@@H](C)CC)C1. The average Bonchev–Trinajstić information content (AvgIpc) is 3.13. The van der Waals surface area contributed by atoms with Crippen LogP contribution in [-0.4, -0.2) is 117 Å². The second-order valence-corrected chi connectivity index (χ2v) is 15.9. The van der Waals surface area contributed by atoms with Gasteiger partial charge in [-0.2, -0.15) is 0 Å². The molecule has 306 valence electrons. The minimum atomic E-state index is -1.53. The van der Waals surface area contributed by atoms with Gasteiger partial charge in [-0.25, -0.2) is 0 Å². The zero-order chi connectivity index (χ0) is 38.0. The van der Waals surface area contributed by atoms with E-state index in [1.54, 1.807) is 0 Å². The summed E-state index contributed by atoms with van der Waals surface area (Å²) in [6.45, 7) is 7.57. The Morgan fingerprint density at radius 2 is 1.23 bits per heavy atom. The molecule has 3 aliphatic heterocycles. The van der Waals surface area contributed by atoms with Gasteiger partial charge in [0.15, 0.2) is 12.6 Å². The number of esters is 1. The molecule has 0 radical (unpaired) electrons. The topological polar surface area (TPSA) is 185 Å². The van der Waals surface area contributed by atoms with Gasteiger partial charge in [-0.15, -0.1) is 0 Å². The molecule has 12 nitrogen and oxygen atoms in total. The van der Waals surface area contributed by atoms with E-state index in [4.69, 9.17) is 23.7 Å². The molecule has 52 heavy (non-hydrogen) atoms. The second-order valence-electron chi connectivity index (χ2n) is 15.9. The fourth-order valence-corrected chi connectivity index (χ4v) is 7.73. The van der Waals surface area contributed by atoms with Crippen LogP contribution in [0.25, 0.3) is 0 Å². The number of ether oxygens (including phenoxy) is 5. The highest BCUT2D eigenvalue weighted by molar-refractivity contribution is 5.70. The zero-order valence-electron chi connectivity index (χ0n) is 32.6. The minimum absolute atomic E-state index is 0.00545. The van der Waals surface area contributed by atoms with Crippen LogP contribution < -0.4 is 0 Å². The molecular weight excluding hydrogens is 672 g/mol. The molecule has 0 spiro atoms. The van der Waals surface area contributed by atoms with E-state index >= 15 is 0 Å². The number of hydrogen-bond donors (Lipinski definition) is 6. The van der Waals surface area contributed by atoms with E-state index < -0.39 is 61.4 Å². The summed E-state index contributed by atoms with van der Waals surface area (Å²) in [6.07, 6.45) is 9.44. The Labute approximate surface area is 312 Å². The highest BCUT2D eigenvalue weighted by Gasteiger charge is 2.47. The molecule has 3 rings (SSSR count). The maximum atomic E-state index is 11.7. The molecular formula is C40H74O12. The summed E-state index contributed by atoms with van der Waals surface area (Å²) in [5, 5.41) is 62.2. The standard InChI is InChI=1S/C40H74O12/c1-5-26(3)30(51-40-38(47)36(45)34(43)31(52-40)25-48-39-37(46)35(44)33(42)27(4)49-39)22-20-18-16-14-12-10-8-7-9-11-13-15-17-19-21-29-23-28(6-2)24-32(41)50-29/h26-31,33-40,42-47H,5-25H2,1-4H3/t26-,27-,28+,29-,30-,31+,33-,34+,35+,36-,37+,38+,39+,40+/m0/s1. The maximum absolute atomic E-state index is 11.7. The molecule has 0 aliphatic carbocycles. The van der Waals surface area contributed by atoms with Crippen molar-refractivity contribution in [2.75, 3.05) is 6.61 Å². The highest BCUT2D eigenvalue weighted by Crippen LogP contribution is 2.30. The van der Waals surface area contributed by atoms with Crippen molar-refractivity contribution in [1.82, 2.24) is 0 Å². The molecule has 0 aromatic rings. The first-order valence-corrected chi connectivity index (χ1v) is 20.8. The van der Waals surface area contributed by atoms with Gasteiger partial charge in [0.1, 0.15) is 48.8 Å². The monoisotopic (exact) mass is 747 g/mol. The van der Waals surface area contributed by atoms with Gasteiger partial charge in [0.2, 0.25) is 0 Å². The molecule has 3 fully saturated rings. The van der Waals surface area contributed by atoms with E-state index in [9.17, 15) is 35.4 Å². The van der Waals surface area contributed by atoms with Crippen molar-refractivity contribution in [3.8, 4) is 0 Å². The Hall–Kier alpha value is -0.930. The van der Waals surface area contributed by atoms with Crippen LogP contribution in [0.2, 0.25) is 0 Å². The molecule has 0 bridgehead atoms. The first kappa shape index (κ1) is 45.5. The van der Waals surface area contributed by atoms with Crippen molar-refractivity contribution in [2.24, 2.45) is 11.8 Å². The lowest BCUT2D eigenvalue weighted by Crippen LogP contribution is -2.61. The van der Waals surface area contributed by atoms with E-state index in [0.717, 1.165) is 51.4 Å². The van der Waals surface area contributed by atoms with Crippen molar-refractivity contribution in [3.63, 3.8) is 0 Å². The Balaban J connectivity index is 1.23. The van der Waals surface area contributed by atoms with E-state index in [-0.39, 0.29) is 30.7 Å². The zero-order valence-corrected chi connectivity index (χ0v) is 32.6. The van der Waals surface area contributed by atoms with Crippen LogP contribution in [0.1, 0.15) is 156 Å². The summed E-state index contributed by atoms with van der Waals surface area (Å²) in [4.78, 5) is 11.7. The molecule has 3 heterocycles. The van der Waals surface area contributed by atoms with Gasteiger partial charge in [0.05, 0.1) is 18.8 Å². The lowest BCUT2D eigenvalue weighted by molar-refractivity contribution is -0.335. The smallest absolute Gasteiger partial charge is 0.306 e. The normalized spacial score (nSPS) is 35.3. The van der Waals surface area contributed by atoms with Crippen molar-refractivity contribution in [1.29, 1.82) is 0 Å². The number of cyclic esters (lactones) is 1. The fraction of sp³-hybridized carbons (Fsp3) is 0.975. The van der Waals surface area contributed by atoms with Crippen LogP contribution >= 0.6 is 0 Å². The van der Waals surface area contributed by atoms with Gasteiger partial charge in [-0.1, -0.05) is 117 Å². The number of aliphatic hydroxyl groups excluding tert-OH is 6. The summed E-state index contributed by atoms with van der Waals surface area (Å²) >= 11 is 0. The number of rotatable bonds is 25. The summed E-state index contributed by atoms with van der Waals surface area (Å²) in [5.41, 5.74) is 0. The predicted molar refractivity (Wildman–Crippen MR) is 196 cm³/mol. The van der Waals surface area contributed by atoms with Gasteiger partial charge >= 0.3 is 5.97 Å². The van der Waals surface area contributed by atoms with Crippen molar-refractivity contribution < 1.29 is 59.1 Å². The lowest BCUT2D eigenvalue weighted by atomic mass is 9.90. The Kier molecular flexibility index (Phi) is 21.5. The molecule has 6 N–H and O–H groups in total. The summed E-state index contributed by atoms with van der Waals surface area (Å²) < 4.78 is 28.7. The third-order valence-corrected chi connectivity index (χ3v) is 11.7. The third kappa shape index (κ3) is 15.0. The molecule has 0 aromatic carbocycles. The Morgan fingerprint density at radius 1 is 0.692 bits per heavy atom. The third-order valence-electron chi connectivity index (χ3n) is 11.7. The Morgan fingerprint density at radius 3 is 1.81 bits per heavy atom. The van der Waals surface area contributed by atoms with Gasteiger partial charge in [0.25, 0.3) is 0 Å². The number of hydrogen-bond acceptors (Lipinski definition) is 12. The van der Waals surface area contributed by atoms with E-state index in [2.05, 4.69) is 20.8 Å². The largest absolute Gasteiger partial charge is 0.462 e. The number of carbonyl (C=O) groups excluding carboxylic acids is 1. The molecule has 12 heteroatoms. The predicted octanol–water partition coefficient (Wildman–Crippen LogP) is 5.04. The van der Waals surface area contributed by atoms with E-state index in [1.807, 2.05) is 0 Å². The van der Waals surface area contributed by atoms with E-state index in [0.29, 0.717) is 12.3 Å². The molecule has 0 aromatic heterocycles. The molecule has 3 saturated heterocycles. The Bertz CT molecular complexity index is 956. The molecule has 0 saturated carbocycles. The van der Waals surface area contributed by atoms with Crippen LogP contribution in [0, 0.1) is 11.8 Å². The van der Waals surface area contributed by atoms with Gasteiger partial charge in [-0.05, 0) is 44.4 Å². The van der Waals surface area contributed by atoms with Crippen molar-refractivity contribution in [2.45, 2.75) is 230 Å². The molecule has 14 atom stereocenters. The van der Waals surface area contributed by atoms with E-state index in [1.165, 1.54) is 77.6 Å². The molecule has 0 amide bonds. The molecule has 3 aliphatic rings. The van der Waals surface area contributed by atoms with Crippen LogP contribution in [0.5, 0.6) is 0 Å². The minimum Gasteiger partial charge on any atom is -0.462 e. The van der Waals surface area contributed by atoms with Gasteiger partial charge in [-0.3, -0.25) is 4.79 Å². The fourth-order valence-electron chi connectivity index (χ4n) is 7.73. The van der Waals surface area contributed by atoms with Crippen LogP contribution in [0.4, 0.5) is 0 Å². The number of aliphatic hydroxyl groups is 6. The van der Waals surface area contributed by atoms with Crippen molar-refractivity contribution >= 4 is 5.97 Å². The average molecular weight is 747 g/mol. The lowest BCUT2D eigenvalue weighted by Gasteiger charge is -2.43. The summed E-state index contributed by atoms with van der Waals surface area (Å²) in [5.74, 6) is 0.693. The number of unbranched alkanes of at least 4 members (excludes halogenated alkanes) is 13. The van der Waals surface area contributed by atoms with Gasteiger partial charge in [0, 0.05) is 6.42 Å². The van der Waals surface area contributed by atoms with Crippen molar-refractivity contribution in [3.05, 3.63) is 0 Å².